The van der Waals surface area contributed by atoms with Crippen molar-refractivity contribution >= 4 is 11.4 Å². The molecule has 0 spiro atoms. The number of rotatable bonds is 4. The molecule has 0 unspecified atom stereocenters. The number of aromatic nitrogens is 2. The van der Waals surface area contributed by atoms with Gasteiger partial charge in [0.2, 0.25) is 0 Å². The van der Waals surface area contributed by atoms with Gasteiger partial charge in [-0.25, -0.2) is 4.98 Å². The molecule has 0 radical (unpaired) electrons. The molecule has 3 aromatic rings. The van der Waals surface area contributed by atoms with Crippen LogP contribution in [-0.4, -0.2) is 19.8 Å². The number of nitro groups is 2. The number of nitro benzene ring substituents is 2. The highest BCUT2D eigenvalue weighted by Gasteiger charge is 2.13. The van der Waals surface area contributed by atoms with Gasteiger partial charge in [0.05, 0.1) is 27.6 Å². The maximum absolute atomic E-state index is 10.7. The number of hydrogen-bond donors (Lipinski definition) is 1. The van der Waals surface area contributed by atoms with Gasteiger partial charge >= 0.3 is 0 Å². The Bertz CT molecular complexity index is 797. The molecule has 23 heavy (non-hydrogen) atoms. The molecule has 0 saturated heterocycles. The maximum Gasteiger partial charge on any atom is 0.269 e. The first-order valence-electron chi connectivity index (χ1n) is 6.59. The van der Waals surface area contributed by atoms with Gasteiger partial charge in [-0.3, -0.25) is 20.2 Å². The summed E-state index contributed by atoms with van der Waals surface area (Å²) in [5.74, 6) is 0. The van der Waals surface area contributed by atoms with Gasteiger partial charge in [-0.2, -0.15) is 0 Å². The Morgan fingerprint density at radius 2 is 1.26 bits per heavy atom. The summed E-state index contributed by atoms with van der Waals surface area (Å²) >= 11 is 0. The normalized spacial score (nSPS) is 10.4. The van der Waals surface area contributed by atoms with Crippen molar-refractivity contribution in [3.63, 3.8) is 0 Å². The Kier molecular flexibility index (Phi) is 3.55. The lowest BCUT2D eigenvalue weighted by Gasteiger charge is -2.03. The molecule has 114 valence electrons. The molecule has 8 nitrogen and oxygen atoms in total. The van der Waals surface area contributed by atoms with E-state index in [1.54, 1.807) is 24.3 Å². The number of hydrogen-bond acceptors (Lipinski definition) is 5. The Hall–Kier alpha value is -3.55. The minimum absolute atomic E-state index is 0.00108. The molecule has 0 aliphatic rings. The van der Waals surface area contributed by atoms with Gasteiger partial charge in [0.1, 0.15) is 0 Å². The van der Waals surface area contributed by atoms with Crippen LogP contribution in [0.1, 0.15) is 0 Å². The molecular weight excluding hydrogens is 300 g/mol. The highest BCUT2D eigenvalue weighted by atomic mass is 16.6. The van der Waals surface area contributed by atoms with Crippen LogP contribution in [0.5, 0.6) is 0 Å². The number of nitrogens with zero attached hydrogens (tertiary/aromatic N) is 3. The molecule has 0 fully saturated rings. The Morgan fingerprint density at radius 1 is 0.783 bits per heavy atom. The Balaban J connectivity index is 1.98. The van der Waals surface area contributed by atoms with Crippen molar-refractivity contribution in [1.29, 1.82) is 0 Å². The van der Waals surface area contributed by atoms with E-state index in [2.05, 4.69) is 9.97 Å². The van der Waals surface area contributed by atoms with Gasteiger partial charge < -0.3 is 4.98 Å². The minimum Gasteiger partial charge on any atom is -0.344 e. The Morgan fingerprint density at radius 3 is 1.74 bits per heavy atom. The summed E-state index contributed by atoms with van der Waals surface area (Å²) in [6.45, 7) is 0. The molecule has 8 heteroatoms. The third-order valence-electron chi connectivity index (χ3n) is 3.36. The number of imidazole rings is 1. The monoisotopic (exact) mass is 310 g/mol. The van der Waals surface area contributed by atoms with E-state index in [0.717, 1.165) is 5.56 Å². The average molecular weight is 310 g/mol. The zero-order valence-corrected chi connectivity index (χ0v) is 11.7. The highest BCUT2D eigenvalue weighted by molar-refractivity contribution is 5.78. The average Bonchev–Trinajstić information content (AvgIpc) is 3.04. The number of nitrogens with one attached hydrogen (secondary N) is 1. The van der Waals surface area contributed by atoms with Crippen LogP contribution in [0.3, 0.4) is 0 Å². The molecule has 0 aliphatic carbocycles. The molecular formula is C15H10N4O4. The van der Waals surface area contributed by atoms with Crippen LogP contribution in [0.15, 0.2) is 54.9 Å². The van der Waals surface area contributed by atoms with Gasteiger partial charge in [-0.15, -0.1) is 0 Å². The first-order chi connectivity index (χ1) is 11.1. The second kappa shape index (κ2) is 5.68. The number of benzene rings is 2. The van der Waals surface area contributed by atoms with E-state index >= 15 is 0 Å². The lowest BCUT2D eigenvalue weighted by atomic mass is 10.0. The van der Waals surface area contributed by atoms with E-state index in [4.69, 9.17) is 0 Å². The van der Waals surface area contributed by atoms with E-state index in [-0.39, 0.29) is 11.4 Å². The van der Waals surface area contributed by atoms with Crippen molar-refractivity contribution in [3.05, 3.63) is 75.1 Å². The topological polar surface area (TPSA) is 115 Å². The first kappa shape index (κ1) is 14.4. The summed E-state index contributed by atoms with van der Waals surface area (Å²) in [5.41, 5.74) is 2.76. The molecule has 0 amide bonds. The van der Waals surface area contributed by atoms with E-state index in [1.807, 2.05) is 0 Å². The summed E-state index contributed by atoms with van der Waals surface area (Å²) in [6.07, 6.45) is 1.51. The van der Waals surface area contributed by atoms with Gasteiger partial charge in [-0.1, -0.05) is 0 Å². The predicted octanol–water partition coefficient (Wildman–Crippen LogP) is 3.56. The van der Waals surface area contributed by atoms with Crippen molar-refractivity contribution < 1.29 is 9.85 Å². The van der Waals surface area contributed by atoms with E-state index < -0.39 is 9.85 Å². The van der Waals surface area contributed by atoms with Crippen molar-refractivity contribution in [2.24, 2.45) is 0 Å². The summed E-state index contributed by atoms with van der Waals surface area (Å²) in [7, 11) is 0. The summed E-state index contributed by atoms with van der Waals surface area (Å²) in [4.78, 5) is 27.7. The largest absolute Gasteiger partial charge is 0.344 e. The Labute approximate surface area is 129 Å². The smallest absolute Gasteiger partial charge is 0.269 e. The van der Waals surface area contributed by atoms with Crippen molar-refractivity contribution in [2.45, 2.75) is 0 Å². The lowest BCUT2D eigenvalue weighted by molar-refractivity contribution is -0.385. The van der Waals surface area contributed by atoms with Gasteiger partial charge in [0, 0.05) is 35.4 Å². The van der Waals surface area contributed by atoms with Gasteiger partial charge in [0.25, 0.3) is 11.4 Å². The predicted molar refractivity (Wildman–Crippen MR) is 82.8 cm³/mol. The molecule has 0 bridgehead atoms. The summed E-state index contributed by atoms with van der Waals surface area (Å²) < 4.78 is 0. The van der Waals surface area contributed by atoms with E-state index in [9.17, 15) is 20.2 Å². The summed E-state index contributed by atoms with van der Waals surface area (Å²) in [5, 5.41) is 21.4. The number of non-ortho nitro benzene ring substituents is 2. The zero-order valence-electron chi connectivity index (χ0n) is 11.7. The second-order valence-electron chi connectivity index (χ2n) is 4.73. The van der Waals surface area contributed by atoms with Crippen LogP contribution in [0, 0.1) is 20.2 Å². The number of aromatic amines is 1. The quantitative estimate of drug-likeness (QED) is 0.584. The number of H-pyrrole nitrogens is 1. The van der Waals surface area contributed by atoms with Gasteiger partial charge in [0.15, 0.2) is 0 Å². The molecule has 0 saturated carbocycles. The molecule has 3 rings (SSSR count). The molecule has 0 atom stereocenters. The summed E-state index contributed by atoms with van der Waals surface area (Å²) in [6, 6.07) is 12.1. The van der Waals surface area contributed by atoms with Gasteiger partial charge in [-0.05, 0) is 24.3 Å². The fourth-order valence-electron chi connectivity index (χ4n) is 2.22. The van der Waals surface area contributed by atoms with Crippen LogP contribution in [0.2, 0.25) is 0 Å². The third-order valence-corrected chi connectivity index (χ3v) is 3.36. The van der Waals surface area contributed by atoms with Crippen LogP contribution in [0.4, 0.5) is 11.4 Å². The van der Waals surface area contributed by atoms with Crippen molar-refractivity contribution in [1.82, 2.24) is 9.97 Å². The zero-order chi connectivity index (χ0) is 16.4. The first-order valence-corrected chi connectivity index (χ1v) is 6.59. The van der Waals surface area contributed by atoms with Crippen LogP contribution in [0.25, 0.3) is 22.5 Å². The highest BCUT2D eigenvalue weighted by Crippen LogP contribution is 2.30. The second-order valence-corrected chi connectivity index (χ2v) is 4.73. The fraction of sp³-hybridized carbons (Fsp3) is 0. The molecule has 1 heterocycles. The molecule has 0 aliphatic heterocycles. The third kappa shape index (κ3) is 2.77. The SMILES string of the molecule is O=[N+]([O-])c1ccc(-c2nc[nH]c2-c2ccc([N+](=O)[O-])cc2)cc1. The van der Waals surface area contributed by atoms with E-state index in [0.29, 0.717) is 17.0 Å². The standard InChI is InChI=1S/C15H10N4O4/c20-18(21)12-5-1-10(2-6-12)14-15(17-9-16-14)11-3-7-13(8-4-11)19(22)23/h1-9H,(H,16,17). The fourth-order valence-corrected chi connectivity index (χ4v) is 2.22. The van der Waals surface area contributed by atoms with Crippen LogP contribution >= 0.6 is 0 Å². The van der Waals surface area contributed by atoms with Crippen molar-refractivity contribution in [3.8, 4) is 22.5 Å². The molecule has 1 N–H and O–H groups in total. The van der Waals surface area contributed by atoms with Crippen LogP contribution in [-0.2, 0) is 0 Å². The molecule has 2 aromatic carbocycles. The van der Waals surface area contributed by atoms with Crippen LogP contribution < -0.4 is 0 Å². The minimum atomic E-state index is -0.467. The molecule has 1 aromatic heterocycles. The maximum atomic E-state index is 10.7. The lowest BCUT2D eigenvalue weighted by Crippen LogP contribution is -1.89. The van der Waals surface area contributed by atoms with E-state index in [1.165, 1.54) is 30.6 Å². The van der Waals surface area contributed by atoms with Crippen molar-refractivity contribution in [2.75, 3.05) is 0 Å².